The van der Waals surface area contributed by atoms with E-state index in [2.05, 4.69) is 48.2 Å². The molecule has 142 valence electrons. The van der Waals surface area contributed by atoms with Gasteiger partial charge in [-0.1, -0.05) is 79.4 Å². The zero-order chi connectivity index (χ0) is 19.5. The number of thiocarbonyl (C=S) groups is 1. The number of hydrogen-bond donors (Lipinski definition) is 0. The Morgan fingerprint density at radius 2 is 1.75 bits per heavy atom. The van der Waals surface area contributed by atoms with Crippen molar-refractivity contribution in [2.75, 3.05) is 11.4 Å². The summed E-state index contributed by atoms with van der Waals surface area (Å²) in [6, 6.07) is 18.6. The summed E-state index contributed by atoms with van der Waals surface area (Å²) >= 11 is 8.51. The molecule has 2 aromatic carbocycles. The molecular formula is C22H20N2OS3. The van der Waals surface area contributed by atoms with Crippen LogP contribution < -0.4 is 4.90 Å². The third-order valence-corrected chi connectivity index (χ3v) is 7.03. The maximum absolute atomic E-state index is 12.7. The number of amides is 1. The summed E-state index contributed by atoms with van der Waals surface area (Å²) in [5, 5.41) is 1.08. The second-order valence-corrected chi connectivity index (χ2v) is 9.19. The zero-order valence-corrected chi connectivity index (χ0v) is 17.9. The first-order valence-corrected chi connectivity index (χ1v) is 11.3. The third-order valence-electron chi connectivity index (χ3n) is 4.54. The van der Waals surface area contributed by atoms with Crippen LogP contribution in [0.3, 0.4) is 0 Å². The summed E-state index contributed by atoms with van der Waals surface area (Å²) in [6.07, 6.45) is 5.95. The molecule has 2 aromatic rings. The lowest BCUT2D eigenvalue weighted by atomic mass is 10.2. The Morgan fingerprint density at radius 1 is 1.00 bits per heavy atom. The largest absolute Gasteiger partial charge is 0.303 e. The normalized spacial score (nSPS) is 19.2. The van der Waals surface area contributed by atoms with Crippen molar-refractivity contribution in [3.63, 3.8) is 0 Å². The molecule has 0 unspecified atom stereocenters. The lowest BCUT2D eigenvalue weighted by Crippen LogP contribution is -2.28. The summed E-state index contributed by atoms with van der Waals surface area (Å²) in [6.45, 7) is 2.82. The smallest absolute Gasteiger partial charge is 0.266 e. The van der Waals surface area contributed by atoms with E-state index in [4.69, 9.17) is 12.2 Å². The molecule has 1 saturated heterocycles. The van der Waals surface area contributed by atoms with E-state index in [1.54, 1.807) is 16.7 Å². The lowest BCUT2D eigenvalue weighted by Gasteiger charge is -2.20. The minimum atomic E-state index is 0.0204. The van der Waals surface area contributed by atoms with Crippen LogP contribution >= 0.6 is 35.7 Å². The summed E-state index contributed by atoms with van der Waals surface area (Å²) in [4.78, 5) is 18.6. The fourth-order valence-corrected chi connectivity index (χ4v) is 5.44. The number of rotatable bonds is 5. The van der Waals surface area contributed by atoms with Crippen LogP contribution in [0.15, 0.2) is 81.6 Å². The van der Waals surface area contributed by atoms with Crippen molar-refractivity contribution in [2.45, 2.75) is 24.7 Å². The standard InChI is InChI=1S/C22H20N2OS3/c1-2-3-15-23-21(25)19(28-22(23)26)13-14-20-24(16-9-5-4-6-10-16)17-11-7-8-12-18(17)27-20/h4-14H,2-3,15H2,1H3. The molecule has 0 aromatic heterocycles. The number of benzene rings is 2. The molecule has 2 aliphatic heterocycles. The SMILES string of the molecule is CCCCN1C(=O)C(=CC=C2Sc3ccccc3N2c2ccccc2)SC1=S. The summed E-state index contributed by atoms with van der Waals surface area (Å²) in [5.74, 6) is 0.0204. The Kier molecular flexibility index (Phi) is 5.90. The minimum absolute atomic E-state index is 0.0204. The Labute approximate surface area is 179 Å². The van der Waals surface area contributed by atoms with Crippen LogP contribution in [0.5, 0.6) is 0 Å². The second kappa shape index (κ2) is 8.55. The number of carbonyl (C=O) groups excluding carboxylic acids is 1. The molecule has 0 radical (unpaired) electrons. The van der Waals surface area contributed by atoms with Gasteiger partial charge in [0.15, 0.2) is 0 Å². The van der Waals surface area contributed by atoms with Gasteiger partial charge in [0.2, 0.25) is 0 Å². The van der Waals surface area contributed by atoms with Crippen molar-refractivity contribution in [3.8, 4) is 0 Å². The highest BCUT2D eigenvalue weighted by Gasteiger charge is 2.31. The number of unbranched alkanes of at least 4 members (excludes halogenated alkanes) is 1. The highest BCUT2D eigenvalue weighted by molar-refractivity contribution is 8.26. The van der Waals surface area contributed by atoms with Crippen molar-refractivity contribution in [3.05, 3.63) is 76.7 Å². The first kappa shape index (κ1) is 19.3. The number of thioether (sulfide) groups is 2. The topological polar surface area (TPSA) is 23.6 Å². The van der Waals surface area contributed by atoms with E-state index in [0.717, 1.165) is 29.2 Å². The lowest BCUT2D eigenvalue weighted by molar-refractivity contribution is -0.122. The number of nitrogens with zero attached hydrogens (tertiary/aromatic N) is 2. The molecule has 6 heteroatoms. The van der Waals surface area contributed by atoms with E-state index in [1.807, 2.05) is 30.4 Å². The molecule has 3 nitrogen and oxygen atoms in total. The first-order valence-electron chi connectivity index (χ1n) is 9.26. The van der Waals surface area contributed by atoms with Gasteiger partial charge in [0.25, 0.3) is 5.91 Å². The van der Waals surface area contributed by atoms with E-state index >= 15 is 0 Å². The second-order valence-electron chi connectivity index (χ2n) is 6.45. The Balaban J connectivity index is 1.65. The van der Waals surface area contributed by atoms with Crippen LogP contribution in [-0.2, 0) is 4.79 Å². The average molecular weight is 425 g/mol. The maximum Gasteiger partial charge on any atom is 0.266 e. The Hall–Kier alpha value is -2.02. The molecule has 0 atom stereocenters. The predicted molar refractivity (Wildman–Crippen MR) is 124 cm³/mol. The van der Waals surface area contributed by atoms with Gasteiger partial charge < -0.3 is 4.90 Å². The molecular weight excluding hydrogens is 404 g/mol. The van der Waals surface area contributed by atoms with E-state index < -0.39 is 0 Å². The van der Waals surface area contributed by atoms with Crippen LogP contribution in [-0.4, -0.2) is 21.7 Å². The van der Waals surface area contributed by atoms with E-state index in [1.165, 1.54) is 16.7 Å². The molecule has 2 aliphatic rings. The molecule has 2 heterocycles. The first-order chi connectivity index (χ1) is 13.7. The van der Waals surface area contributed by atoms with Gasteiger partial charge in [-0.3, -0.25) is 9.69 Å². The Bertz CT molecular complexity index is 969. The van der Waals surface area contributed by atoms with Crippen LogP contribution in [0.4, 0.5) is 11.4 Å². The number of para-hydroxylation sites is 2. The van der Waals surface area contributed by atoms with Gasteiger partial charge in [-0.15, -0.1) is 0 Å². The van der Waals surface area contributed by atoms with Gasteiger partial charge in [-0.2, -0.15) is 0 Å². The van der Waals surface area contributed by atoms with Gasteiger partial charge >= 0.3 is 0 Å². The highest BCUT2D eigenvalue weighted by atomic mass is 32.2. The van der Waals surface area contributed by atoms with E-state index in [9.17, 15) is 4.79 Å². The Morgan fingerprint density at radius 3 is 2.54 bits per heavy atom. The quantitative estimate of drug-likeness (QED) is 0.413. The van der Waals surface area contributed by atoms with Gasteiger partial charge in [0.1, 0.15) is 4.32 Å². The fourth-order valence-electron chi connectivity index (χ4n) is 3.13. The van der Waals surface area contributed by atoms with Crippen molar-refractivity contribution in [2.24, 2.45) is 0 Å². The molecule has 0 spiro atoms. The average Bonchev–Trinajstić information content (AvgIpc) is 3.22. The van der Waals surface area contributed by atoms with Crippen molar-refractivity contribution >= 4 is 57.3 Å². The predicted octanol–water partition coefficient (Wildman–Crippen LogP) is 6.32. The maximum atomic E-state index is 12.7. The molecule has 0 aliphatic carbocycles. The van der Waals surface area contributed by atoms with E-state index in [-0.39, 0.29) is 5.91 Å². The molecule has 1 amide bonds. The molecule has 0 saturated carbocycles. The van der Waals surface area contributed by atoms with Crippen LogP contribution in [0.25, 0.3) is 0 Å². The van der Waals surface area contributed by atoms with E-state index in [0.29, 0.717) is 15.8 Å². The monoisotopic (exact) mass is 424 g/mol. The number of anilines is 2. The summed E-state index contributed by atoms with van der Waals surface area (Å²) < 4.78 is 0.658. The highest BCUT2D eigenvalue weighted by Crippen LogP contribution is 2.49. The van der Waals surface area contributed by atoms with Gasteiger partial charge in [-0.25, -0.2) is 0 Å². The number of allylic oxidation sites excluding steroid dienone is 2. The van der Waals surface area contributed by atoms with Gasteiger partial charge in [0, 0.05) is 17.1 Å². The molecule has 0 N–H and O–H groups in total. The molecule has 1 fully saturated rings. The van der Waals surface area contributed by atoms with Crippen LogP contribution in [0.2, 0.25) is 0 Å². The van der Waals surface area contributed by atoms with Crippen LogP contribution in [0, 0.1) is 0 Å². The third kappa shape index (κ3) is 3.77. The number of carbonyl (C=O) groups is 1. The fraction of sp³-hybridized carbons (Fsp3) is 0.182. The minimum Gasteiger partial charge on any atom is -0.303 e. The van der Waals surface area contributed by atoms with Crippen molar-refractivity contribution in [1.82, 2.24) is 4.90 Å². The van der Waals surface area contributed by atoms with Crippen molar-refractivity contribution in [1.29, 1.82) is 0 Å². The number of fused-ring (bicyclic) bond motifs is 1. The van der Waals surface area contributed by atoms with Gasteiger partial charge in [-0.05, 0) is 42.8 Å². The van der Waals surface area contributed by atoms with Crippen molar-refractivity contribution < 1.29 is 4.79 Å². The summed E-state index contributed by atoms with van der Waals surface area (Å²) in [5.41, 5.74) is 2.27. The van der Waals surface area contributed by atoms with Gasteiger partial charge in [0.05, 0.1) is 15.6 Å². The summed E-state index contributed by atoms with van der Waals surface area (Å²) in [7, 11) is 0. The molecule has 4 rings (SSSR count). The van der Waals surface area contributed by atoms with Crippen LogP contribution in [0.1, 0.15) is 19.8 Å². The number of hydrogen-bond acceptors (Lipinski definition) is 5. The molecule has 28 heavy (non-hydrogen) atoms. The molecule has 0 bridgehead atoms. The zero-order valence-electron chi connectivity index (χ0n) is 15.5.